The maximum atomic E-state index is 2.97. The summed E-state index contributed by atoms with van der Waals surface area (Å²) >= 11 is 0. The number of fused-ring (bicyclic) bond motifs is 4. The number of hydrogen-bond donors (Lipinski definition) is 0. The predicted molar refractivity (Wildman–Crippen MR) is 378 cm³/mol. The van der Waals surface area contributed by atoms with Gasteiger partial charge in [0.05, 0.1) is 0 Å². The van der Waals surface area contributed by atoms with Crippen molar-refractivity contribution in [3.05, 3.63) is 301 Å². The van der Waals surface area contributed by atoms with Crippen LogP contribution in [0, 0.1) is 63.3 Å². The van der Waals surface area contributed by atoms with Gasteiger partial charge in [0, 0.05) is 55.5 Å². The Morgan fingerprint density at radius 1 is 0.345 bits per heavy atom. The van der Waals surface area contributed by atoms with Gasteiger partial charge in [0.1, 0.15) is 0 Å². The molecule has 0 heterocycles. The van der Waals surface area contributed by atoms with E-state index in [1.165, 1.54) is 135 Å². The van der Waals surface area contributed by atoms with Crippen molar-refractivity contribution < 1.29 is 52.4 Å². The second-order valence-electron chi connectivity index (χ2n) is 20.5. The molecule has 0 amide bonds. The minimum atomic E-state index is 0. The third-order valence-corrected chi connectivity index (χ3v) is 14.9. The van der Waals surface area contributed by atoms with E-state index in [1.54, 1.807) is 19.0 Å². The molecular formula is C79H90Si3Zr2-5. The van der Waals surface area contributed by atoms with E-state index in [4.69, 9.17) is 0 Å². The topological polar surface area (TPSA) is 0 Å². The molecular weight excluding hydrogens is 1220 g/mol. The fourth-order valence-electron chi connectivity index (χ4n) is 9.97. The standard InChI is InChI=1S/4C16H13.C9H20Si.2CH3Si.4CH3.2Zr/c4*1-12-10-14-8-5-9-15(16(14)11-12)13-6-3-2-4-7-13;1-9(2)7-5-6-8-10(3)4;2*1-2;;;;;;/h4*2-11H,1H3;5-8H2,1-4H3;2*1H3;4*1H3;;/q5*-1;;;4*-1;;+4. The predicted octanol–water partition coefficient (Wildman–Crippen LogP) is 23.9. The van der Waals surface area contributed by atoms with Crippen molar-refractivity contribution in [3.63, 3.8) is 0 Å². The van der Waals surface area contributed by atoms with E-state index < -0.39 is 0 Å². The summed E-state index contributed by atoms with van der Waals surface area (Å²) in [6, 6.07) is 87.7. The molecule has 0 atom stereocenters. The molecule has 0 bridgehead atoms. The van der Waals surface area contributed by atoms with Gasteiger partial charge in [-0.05, 0) is 22.3 Å². The van der Waals surface area contributed by atoms with Crippen LogP contribution in [0.4, 0.5) is 0 Å². The molecule has 5 heteroatoms. The molecule has 0 aliphatic rings. The van der Waals surface area contributed by atoms with Crippen LogP contribution < -0.4 is 0 Å². The summed E-state index contributed by atoms with van der Waals surface area (Å²) < 4.78 is 0. The zero-order valence-corrected chi connectivity index (χ0v) is 60.8. The first kappa shape index (κ1) is 78.6. The van der Waals surface area contributed by atoms with Crippen molar-refractivity contribution in [3.8, 4) is 44.5 Å². The Morgan fingerprint density at radius 2 is 0.571 bits per heavy atom. The summed E-state index contributed by atoms with van der Waals surface area (Å²) in [7, 11) is 6.00. The molecule has 0 saturated heterocycles. The van der Waals surface area contributed by atoms with Gasteiger partial charge in [0.15, 0.2) is 0 Å². The van der Waals surface area contributed by atoms with Crippen LogP contribution in [0.25, 0.3) is 87.6 Å². The van der Waals surface area contributed by atoms with Gasteiger partial charge >= 0.3 is 26.2 Å². The summed E-state index contributed by atoms with van der Waals surface area (Å²) in [5.74, 6) is 1.58. The minimum Gasteiger partial charge on any atom is -0.358 e. The Bertz CT molecular complexity index is 3130. The van der Waals surface area contributed by atoms with Gasteiger partial charge in [-0.3, -0.25) is 0 Å². The van der Waals surface area contributed by atoms with E-state index >= 15 is 0 Å². The molecule has 12 rings (SSSR count). The van der Waals surface area contributed by atoms with Crippen LogP contribution >= 0.6 is 0 Å². The van der Waals surface area contributed by atoms with E-state index in [2.05, 4.69) is 318 Å². The Hall–Kier alpha value is -5.38. The number of benzene rings is 8. The summed E-state index contributed by atoms with van der Waals surface area (Å²) in [4.78, 5) is 0. The van der Waals surface area contributed by atoms with Gasteiger partial charge < -0.3 is 35.6 Å². The first-order valence-electron chi connectivity index (χ1n) is 27.4. The zero-order valence-electron chi connectivity index (χ0n) is 52.9. The van der Waals surface area contributed by atoms with Crippen LogP contribution in [0.5, 0.6) is 0 Å². The monoisotopic (exact) mass is 1300 g/mol. The average Bonchev–Trinajstić information content (AvgIpc) is 4.32. The summed E-state index contributed by atoms with van der Waals surface area (Å²) in [6.45, 7) is 21.4. The van der Waals surface area contributed by atoms with E-state index in [-0.39, 0.29) is 90.9 Å². The van der Waals surface area contributed by atoms with Crippen LogP contribution in [-0.2, 0) is 52.4 Å². The molecule has 0 spiro atoms. The van der Waals surface area contributed by atoms with Crippen molar-refractivity contribution in [2.24, 2.45) is 0 Å². The number of rotatable bonds is 9. The Kier molecular flexibility index (Phi) is 39.0. The summed E-state index contributed by atoms with van der Waals surface area (Å²) in [5, 5.41) is 10.7. The molecule has 84 heavy (non-hydrogen) atoms. The first-order chi connectivity index (χ1) is 38.0. The quantitative estimate of drug-likeness (QED) is 0.0768. The van der Waals surface area contributed by atoms with Crippen LogP contribution in [-0.4, -0.2) is 29.3 Å². The Balaban J connectivity index is 0.00000100. The third-order valence-electron chi connectivity index (χ3n) is 13.5. The zero-order chi connectivity index (χ0) is 55.8. The third kappa shape index (κ3) is 23.1. The van der Waals surface area contributed by atoms with Gasteiger partial charge in [0.25, 0.3) is 0 Å². The molecule has 0 unspecified atom stereocenters. The van der Waals surface area contributed by atoms with Crippen molar-refractivity contribution in [2.45, 2.75) is 93.0 Å². The Morgan fingerprint density at radius 3 is 0.774 bits per heavy atom. The van der Waals surface area contributed by atoms with E-state index in [1.807, 2.05) is 0 Å². The van der Waals surface area contributed by atoms with Crippen molar-refractivity contribution in [1.82, 2.24) is 0 Å². The molecule has 0 aliphatic heterocycles. The molecule has 431 valence electrons. The van der Waals surface area contributed by atoms with Gasteiger partial charge in [0.2, 0.25) is 0 Å². The van der Waals surface area contributed by atoms with Gasteiger partial charge in [-0.25, -0.2) is 0 Å². The van der Waals surface area contributed by atoms with Crippen molar-refractivity contribution >= 4 is 72.4 Å². The van der Waals surface area contributed by atoms with E-state index in [9.17, 15) is 0 Å². The molecule has 0 nitrogen and oxygen atoms in total. The molecule has 0 N–H and O–H groups in total. The van der Waals surface area contributed by atoms with Crippen molar-refractivity contribution in [2.75, 3.05) is 0 Å². The number of aryl methyl sites for hydroxylation is 4. The average molecular weight is 1310 g/mol. The first-order valence-corrected chi connectivity index (χ1v) is 32.2. The molecule has 12 aromatic carbocycles. The maximum Gasteiger partial charge on any atom is 4.00 e. The molecule has 0 aliphatic carbocycles. The van der Waals surface area contributed by atoms with Crippen LogP contribution in [0.2, 0.25) is 32.2 Å². The maximum absolute atomic E-state index is 2.97. The summed E-state index contributed by atoms with van der Waals surface area (Å²) in [6.07, 6.45) is 4.21. The fourth-order valence-corrected chi connectivity index (χ4v) is 10.9. The fraction of sp³-hybridized carbons (Fsp3) is 0.177. The van der Waals surface area contributed by atoms with Crippen LogP contribution in [0.15, 0.2) is 243 Å². The second-order valence-corrected chi connectivity index (χ2v) is 23.4. The normalized spacial score (nSPS) is 9.74. The molecule has 0 saturated carbocycles. The summed E-state index contributed by atoms with van der Waals surface area (Å²) in [5.41, 5.74) is 15.8. The molecule has 7 radical (unpaired) electrons. The molecule has 12 aromatic rings. The van der Waals surface area contributed by atoms with Crippen LogP contribution in [0.3, 0.4) is 0 Å². The SMILES string of the molecule is C[C-](C)CCCC[Si](C)C.C[Si].C[Si].Cc1cc2c(-c3ccccc3)cccc2[cH-]1.Cc1cc2c(-c3ccccc3)cccc2[cH-]1.Cc1cc2c(-c3ccccc3)cccc2[cH-]1.Cc1cc2c(-c3ccccc3)cccc2[cH-]1.[CH3-].[CH3-].[CH3-].[CH3-].[Zr+4].[Zr]. The van der Waals surface area contributed by atoms with Crippen molar-refractivity contribution in [1.29, 1.82) is 0 Å². The Labute approximate surface area is 557 Å². The number of hydrogen-bond acceptors (Lipinski definition) is 0. The largest absolute Gasteiger partial charge is 4.00 e. The van der Waals surface area contributed by atoms with E-state index in [0.29, 0.717) is 0 Å². The number of unbranched alkanes of at least 4 members (excludes halogenated alkanes) is 1. The minimum absolute atomic E-state index is 0. The van der Waals surface area contributed by atoms with Gasteiger partial charge in [-0.2, -0.15) is 44.5 Å². The van der Waals surface area contributed by atoms with Crippen LogP contribution in [0.1, 0.15) is 55.4 Å². The van der Waals surface area contributed by atoms with Gasteiger partial charge in [-0.15, -0.1) is 138 Å². The van der Waals surface area contributed by atoms with E-state index in [0.717, 1.165) is 0 Å². The molecule has 0 aromatic heterocycles. The molecule has 0 fully saturated rings. The smallest absolute Gasteiger partial charge is 0.358 e. The van der Waals surface area contributed by atoms with Gasteiger partial charge in [-0.1, -0.05) is 241 Å². The second kappa shape index (κ2) is 41.6.